The number of rotatable bonds is 8. The van der Waals surface area contributed by atoms with E-state index in [1.54, 1.807) is 4.90 Å². The number of likely N-dealkylation sites (tertiary alicyclic amines) is 1. The smallest absolute Gasteiger partial charge is 0.390 e. The highest BCUT2D eigenvalue weighted by atomic mass is 32.2. The van der Waals surface area contributed by atoms with E-state index in [9.17, 15) is 26.7 Å². The van der Waals surface area contributed by atoms with Gasteiger partial charge >= 0.3 is 6.18 Å². The van der Waals surface area contributed by atoms with Crippen molar-refractivity contribution in [2.75, 3.05) is 33.0 Å². The number of allylic oxidation sites excluding steroid dienone is 2. The fraction of sp³-hybridized carbons (Fsp3) is 0.619. The van der Waals surface area contributed by atoms with Crippen molar-refractivity contribution in [2.45, 2.75) is 49.9 Å². The molecule has 168 valence electrons. The summed E-state index contributed by atoms with van der Waals surface area (Å²) in [6.07, 6.45) is 1.24. The van der Waals surface area contributed by atoms with Gasteiger partial charge in [-0.3, -0.25) is 4.90 Å². The highest BCUT2D eigenvalue weighted by Gasteiger charge is 2.50. The third-order valence-corrected chi connectivity index (χ3v) is 7.52. The van der Waals surface area contributed by atoms with Crippen molar-refractivity contribution in [2.24, 2.45) is 0 Å². The first-order chi connectivity index (χ1) is 14.0. The first-order valence-corrected chi connectivity index (χ1v) is 12.0. The molecule has 3 atom stereocenters. The van der Waals surface area contributed by atoms with E-state index in [0.717, 1.165) is 41.0 Å². The minimum absolute atomic E-state index is 0.0742. The quantitative estimate of drug-likeness (QED) is 0.666. The summed E-state index contributed by atoms with van der Waals surface area (Å²) < 4.78 is 63.3. The lowest BCUT2D eigenvalue weighted by atomic mass is 9.74. The minimum Gasteiger partial charge on any atom is -0.395 e. The topological polar surface area (TPSA) is 60.9 Å². The van der Waals surface area contributed by atoms with Crippen molar-refractivity contribution in [1.82, 2.24) is 9.21 Å². The molecule has 1 saturated heterocycles. The van der Waals surface area contributed by atoms with Crippen LogP contribution in [-0.4, -0.2) is 74.0 Å². The molecule has 0 amide bonds. The van der Waals surface area contributed by atoms with Crippen LogP contribution >= 0.6 is 0 Å². The third kappa shape index (κ3) is 5.25. The highest BCUT2D eigenvalue weighted by molar-refractivity contribution is 7.88. The molecule has 0 spiro atoms. The number of hydrogen-bond acceptors (Lipinski definition) is 4. The Kier molecular flexibility index (Phi) is 6.96. The van der Waals surface area contributed by atoms with E-state index in [-0.39, 0.29) is 25.6 Å². The maximum Gasteiger partial charge on any atom is 0.390 e. The lowest BCUT2D eigenvalue weighted by molar-refractivity contribution is -0.150. The Morgan fingerprint density at radius 2 is 1.87 bits per heavy atom. The van der Waals surface area contributed by atoms with Crippen LogP contribution in [0.5, 0.6) is 0 Å². The molecule has 0 radical (unpaired) electrons. The van der Waals surface area contributed by atoms with E-state index < -0.39 is 34.7 Å². The summed E-state index contributed by atoms with van der Waals surface area (Å²) in [6, 6.07) is 7.03. The van der Waals surface area contributed by atoms with Gasteiger partial charge in [-0.1, -0.05) is 30.3 Å². The van der Waals surface area contributed by atoms with Gasteiger partial charge in [-0.15, -0.1) is 0 Å². The maximum atomic E-state index is 12.8. The summed E-state index contributed by atoms with van der Waals surface area (Å²) >= 11 is 0. The molecule has 1 aromatic rings. The Hall–Kier alpha value is -1.42. The van der Waals surface area contributed by atoms with Gasteiger partial charge in [-0.25, -0.2) is 12.7 Å². The van der Waals surface area contributed by atoms with Crippen LogP contribution in [0.1, 0.15) is 42.7 Å². The van der Waals surface area contributed by atoms with Crippen LogP contribution in [0.15, 0.2) is 30.3 Å². The molecule has 1 aliphatic carbocycles. The van der Waals surface area contributed by atoms with Crippen LogP contribution in [0, 0.1) is 0 Å². The minimum atomic E-state index is -4.31. The molecular formula is C21H29F3N2O3S. The van der Waals surface area contributed by atoms with E-state index >= 15 is 0 Å². The molecular weight excluding hydrogens is 417 g/mol. The van der Waals surface area contributed by atoms with Gasteiger partial charge in [0.25, 0.3) is 0 Å². The average molecular weight is 447 g/mol. The SMILES string of the molecule is CN(C[C@H]1[C@@H](c2ccc(C3=CCCC3)cc2)[C@@H](CO)N1CCC(F)(F)F)S(C)(=O)=O. The van der Waals surface area contributed by atoms with Gasteiger partial charge in [0, 0.05) is 38.1 Å². The van der Waals surface area contributed by atoms with Gasteiger partial charge in [-0.2, -0.15) is 13.2 Å². The normalized spacial score (nSPS) is 25.4. The average Bonchev–Trinajstić information content (AvgIpc) is 3.18. The number of aliphatic hydroxyl groups excluding tert-OH is 1. The number of aliphatic hydroxyl groups is 1. The summed E-state index contributed by atoms with van der Waals surface area (Å²) in [6.45, 7) is -0.474. The number of halogens is 3. The third-order valence-electron chi connectivity index (χ3n) is 6.24. The van der Waals surface area contributed by atoms with Gasteiger partial charge in [0.15, 0.2) is 0 Å². The maximum absolute atomic E-state index is 12.8. The summed E-state index contributed by atoms with van der Waals surface area (Å²) in [5.41, 5.74) is 3.34. The Labute approximate surface area is 176 Å². The molecule has 1 aromatic carbocycles. The van der Waals surface area contributed by atoms with Crippen LogP contribution in [0.3, 0.4) is 0 Å². The molecule has 3 rings (SSSR count). The molecule has 0 unspecified atom stereocenters. The second-order valence-corrected chi connectivity index (χ2v) is 10.3. The summed E-state index contributed by atoms with van der Waals surface area (Å²) in [5.74, 6) is -0.237. The van der Waals surface area contributed by atoms with Crippen molar-refractivity contribution < 1.29 is 26.7 Å². The van der Waals surface area contributed by atoms with Crippen LogP contribution in [0.2, 0.25) is 0 Å². The summed E-state index contributed by atoms with van der Waals surface area (Å²) in [7, 11) is -2.05. The van der Waals surface area contributed by atoms with E-state index in [0.29, 0.717) is 0 Å². The van der Waals surface area contributed by atoms with Crippen LogP contribution in [0.4, 0.5) is 13.2 Å². The number of benzene rings is 1. The standard InChI is InChI=1S/C21H29F3N2O3S/c1-25(30(2,28)29)13-18-20(19(14-27)26(18)12-11-21(22,23)24)17-9-7-16(8-10-17)15-5-3-4-6-15/h5,7-10,18-20,27H,3-4,6,11-14H2,1-2H3/t18-,19+,20+/m0/s1. The lowest BCUT2D eigenvalue weighted by Crippen LogP contribution is -2.67. The van der Waals surface area contributed by atoms with E-state index in [2.05, 4.69) is 6.08 Å². The monoisotopic (exact) mass is 446 g/mol. The van der Waals surface area contributed by atoms with E-state index in [4.69, 9.17) is 0 Å². The molecule has 0 saturated carbocycles. The molecule has 9 heteroatoms. The molecule has 30 heavy (non-hydrogen) atoms. The van der Waals surface area contributed by atoms with Crippen LogP contribution < -0.4 is 0 Å². The van der Waals surface area contributed by atoms with Gasteiger partial charge in [0.05, 0.1) is 19.3 Å². The molecule has 5 nitrogen and oxygen atoms in total. The first-order valence-electron chi connectivity index (χ1n) is 10.2. The van der Waals surface area contributed by atoms with Crippen LogP contribution in [0.25, 0.3) is 5.57 Å². The van der Waals surface area contributed by atoms with Crippen molar-refractivity contribution in [3.63, 3.8) is 0 Å². The van der Waals surface area contributed by atoms with Gasteiger partial charge in [-0.05, 0) is 36.0 Å². The number of nitrogens with zero attached hydrogens (tertiary/aromatic N) is 2. The van der Waals surface area contributed by atoms with Crippen molar-refractivity contribution >= 4 is 15.6 Å². The Balaban J connectivity index is 1.83. The fourth-order valence-corrected chi connectivity index (χ4v) is 4.96. The van der Waals surface area contributed by atoms with E-state index in [1.807, 2.05) is 24.3 Å². The molecule has 1 heterocycles. The van der Waals surface area contributed by atoms with Crippen molar-refractivity contribution in [3.8, 4) is 0 Å². The largest absolute Gasteiger partial charge is 0.395 e. The zero-order chi connectivity index (χ0) is 22.1. The molecule has 1 aliphatic heterocycles. The Bertz CT molecular complexity index is 868. The van der Waals surface area contributed by atoms with Gasteiger partial charge in [0.1, 0.15) is 0 Å². The highest BCUT2D eigenvalue weighted by Crippen LogP contribution is 2.42. The number of alkyl halides is 3. The predicted molar refractivity (Wildman–Crippen MR) is 111 cm³/mol. The van der Waals surface area contributed by atoms with Crippen LogP contribution in [-0.2, 0) is 10.0 Å². The molecule has 1 fully saturated rings. The number of likely N-dealkylation sites (N-methyl/N-ethyl adjacent to an activating group) is 1. The predicted octanol–water partition coefficient (Wildman–Crippen LogP) is 3.23. The number of sulfonamides is 1. The fourth-order valence-electron chi connectivity index (χ4n) is 4.53. The zero-order valence-corrected chi connectivity index (χ0v) is 18.1. The Morgan fingerprint density at radius 1 is 1.20 bits per heavy atom. The second kappa shape index (κ2) is 8.98. The van der Waals surface area contributed by atoms with Gasteiger partial charge < -0.3 is 5.11 Å². The molecule has 2 aliphatic rings. The molecule has 1 N–H and O–H groups in total. The Morgan fingerprint density at radius 3 is 2.37 bits per heavy atom. The van der Waals surface area contributed by atoms with Gasteiger partial charge in [0.2, 0.25) is 10.0 Å². The molecule has 0 bridgehead atoms. The second-order valence-electron chi connectivity index (χ2n) is 8.23. The van der Waals surface area contributed by atoms with E-state index in [1.165, 1.54) is 12.6 Å². The first kappa shape index (κ1) is 23.2. The summed E-state index contributed by atoms with van der Waals surface area (Å²) in [5, 5.41) is 9.89. The molecule has 0 aromatic heterocycles. The summed E-state index contributed by atoms with van der Waals surface area (Å²) in [4.78, 5) is 1.59. The van der Waals surface area contributed by atoms with Crippen molar-refractivity contribution in [3.05, 3.63) is 41.5 Å². The zero-order valence-electron chi connectivity index (χ0n) is 17.3. The lowest BCUT2D eigenvalue weighted by Gasteiger charge is -2.56. The van der Waals surface area contributed by atoms with Crippen molar-refractivity contribution in [1.29, 1.82) is 0 Å². The number of hydrogen-bond donors (Lipinski definition) is 1.